The van der Waals surface area contributed by atoms with Crippen LogP contribution in [-0.2, 0) is 17.3 Å². The number of hydrogen-bond acceptors (Lipinski definition) is 6. The molecule has 3 aromatic rings. The molecule has 1 saturated carbocycles. The zero-order valence-electron chi connectivity index (χ0n) is 17.4. The number of aromatic nitrogens is 2. The van der Waals surface area contributed by atoms with Gasteiger partial charge in [0.1, 0.15) is 10.6 Å². The summed E-state index contributed by atoms with van der Waals surface area (Å²) >= 11 is 7.77. The van der Waals surface area contributed by atoms with Crippen molar-refractivity contribution in [3.63, 3.8) is 0 Å². The highest BCUT2D eigenvalue weighted by Gasteiger charge is 2.46. The molecule has 7 nitrogen and oxygen atoms in total. The molecule has 168 valence electrons. The molecule has 2 atom stereocenters. The molecular weight excluding hydrogens is 466 g/mol. The topological polar surface area (TPSA) is 102 Å². The second kappa shape index (κ2) is 8.61. The molecule has 1 amide bonds. The number of fused-ring (bicyclic) bond motifs is 1. The number of amides is 1. The predicted octanol–water partition coefficient (Wildman–Crippen LogP) is 3.84. The summed E-state index contributed by atoms with van der Waals surface area (Å²) in [5.74, 6) is 0.663. The van der Waals surface area contributed by atoms with Crippen LogP contribution in [0.5, 0.6) is 0 Å². The number of carbonyl (C=O) groups excluding carboxylic acids is 1. The molecule has 0 aromatic carbocycles. The molecule has 32 heavy (non-hydrogen) atoms. The zero-order chi connectivity index (χ0) is 22.3. The van der Waals surface area contributed by atoms with Crippen molar-refractivity contribution in [3.05, 3.63) is 57.0 Å². The molecule has 1 aliphatic heterocycles. The van der Waals surface area contributed by atoms with Gasteiger partial charge in [-0.15, -0.1) is 11.3 Å². The summed E-state index contributed by atoms with van der Waals surface area (Å²) in [5, 5.41) is 7.70. The number of halogens is 1. The highest BCUT2D eigenvalue weighted by molar-refractivity contribution is 7.87. The zero-order valence-corrected chi connectivity index (χ0v) is 19.8. The van der Waals surface area contributed by atoms with Gasteiger partial charge in [0.15, 0.2) is 0 Å². The summed E-state index contributed by atoms with van der Waals surface area (Å²) in [6.45, 7) is 0.359. The molecule has 1 fully saturated rings. The Bertz CT molecular complexity index is 1230. The molecule has 1 spiro atoms. The van der Waals surface area contributed by atoms with Crippen molar-refractivity contribution >= 4 is 51.0 Å². The Morgan fingerprint density at radius 1 is 1.34 bits per heavy atom. The Morgan fingerprint density at radius 3 is 2.94 bits per heavy atom. The first-order chi connectivity index (χ1) is 15.5. The van der Waals surface area contributed by atoms with Gasteiger partial charge in [0.05, 0.1) is 33.4 Å². The maximum absolute atomic E-state index is 13.2. The van der Waals surface area contributed by atoms with Gasteiger partial charge in [-0.25, -0.2) is 4.52 Å². The van der Waals surface area contributed by atoms with Gasteiger partial charge in [0.25, 0.3) is 5.91 Å². The van der Waals surface area contributed by atoms with Crippen LogP contribution in [0.3, 0.4) is 0 Å². The Balaban J connectivity index is 1.32. The summed E-state index contributed by atoms with van der Waals surface area (Å²) in [7, 11) is -1.11. The van der Waals surface area contributed by atoms with Crippen molar-refractivity contribution in [2.45, 2.75) is 49.4 Å². The van der Waals surface area contributed by atoms with E-state index in [4.69, 9.17) is 22.3 Å². The van der Waals surface area contributed by atoms with Gasteiger partial charge >= 0.3 is 0 Å². The Hall–Kier alpha value is -2.23. The molecule has 1 aliphatic carbocycles. The molecule has 0 bridgehead atoms. The predicted molar refractivity (Wildman–Crippen MR) is 129 cm³/mol. The molecule has 3 aromatic heterocycles. The minimum atomic E-state index is -1.11. The molecule has 3 N–H and O–H groups in total. The lowest BCUT2D eigenvalue weighted by Gasteiger charge is -2.39. The lowest BCUT2D eigenvalue weighted by molar-refractivity contribution is 0.0955. The fraction of sp³-hybridized carbons (Fsp3) is 0.409. The molecule has 10 heteroatoms. The number of pyridine rings is 1. The lowest BCUT2D eigenvalue weighted by atomic mass is 9.87. The number of aliphatic imine (C=N–C) groups is 1. The summed E-state index contributed by atoms with van der Waals surface area (Å²) < 4.78 is 14.5. The number of nitrogens with two attached hydrogens (primary N) is 1. The first-order valence-corrected chi connectivity index (χ1v) is 13.2. The summed E-state index contributed by atoms with van der Waals surface area (Å²) in [5.41, 5.74) is 8.24. The van der Waals surface area contributed by atoms with E-state index in [9.17, 15) is 9.00 Å². The largest absolute Gasteiger partial charge is 0.386 e. The number of carbonyl (C=O) groups is 1. The quantitative estimate of drug-likeness (QED) is 0.581. The maximum atomic E-state index is 13.2. The van der Waals surface area contributed by atoms with Crippen LogP contribution in [0, 0.1) is 0 Å². The van der Waals surface area contributed by atoms with Crippen molar-refractivity contribution in [2.24, 2.45) is 10.7 Å². The SMILES string of the molecule is NC1=N[C@H](c2sc(C(=O)NCc3cnn4ccccc34)cc2Cl)CS(=O)C12CCCCC2. The normalized spacial score (nSPS) is 22.7. The van der Waals surface area contributed by atoms with Crippen molar-refractivity contribution < 1.29 is 9.00 Å². The summed E-state index contributed by atoms with van der Waals surface area (Å²) in [6, 6.07) is 7.08. The molecule has 1 unspecified atom stereocenters. The average molecular weight is 490 g/mol. The second-order valence-electron chi connectivity index (χ2n) is 8.30. The van der Waals surface area contributed by atoms with Crippen molar-refractivity contribution in [1.82, 2.24) is 14.9 Å². The smallest absolute Gasteiger partial charge is 0.261 e. The fourth-order valence-corrected chi connectivity index (χ4v) is 8.00. The second-order valence-corrected chi connectivity index (χ2v) is 11.6. The minimum Gasteiger partial charge on any atom is -0.386 e. The summed E-state index contributed by atoms with van der Waals surface area (Å²) in [4.78, 5) is 18.8. The fourth-order valence-electron chi connectivity index (χ4n) is 4.59. The number of hydrogen-bond donors (Lipinski definition) is 2. The third-order valence-electron chi connectivity index (χ3n) is 6.35. The third kappa shape index (κ3) is 3.76. The van der Waals surface area contributed by atoms with Crippen LogP contribution in [0.2, 0.25) is 5.02 Å². The van der Waals surface area contributed by atoms with Gasteiger partial charge in [0.2, 0.25) is 0 Å². The average Bonchev–Trinajstić information content (AvgIpc) is 3.40. The number of rotatable bonds is 4. The van der Waals surface area contributed by atoms with Crippen LogP contribution in [0.25, 0.3) is 5.52 Å². The first kappa shape index (κ1) is 21.6. The number of amidine groups is 1. The van der Waals surface area contributed by atoms with E-state index < -0.39 is 15.5 Å². The van der Waals surface area contributed by atoms with E-state index >= 15 is 0 Å². The van der Waals surface area contributed by atoms with Crippen LogP contribution < -0.4 is 11.1 Å². The van der Waals surface area contributed by atoms with Crippen LogP contribution in [-0.4, -0.2) is 36.1 Å². The Morgan fingerprint density at radius 2 is 2.16 bits per heavy atom. The van der Waals surface area contributed by atoms with Crippen molar-refractivity contribution in [3.8, 4) is 0 Å². The number of nitrogens with one attached hydrogen (secondary N) is 1. The van der Waals surface area contributed by atoms with E-state index in [2.05, 4.69) is 10.4 Å². The number of nitrogens with zero attached hydrogens (tertiary/aromatic N) is 3. The minimum absolute atomic E-state index is 0.212. The highest BCUT2D eigenvalue weighted by atomic mass is 35.5. The van der Waals surface area contributed by atoms with Crippen molar-refractivity contribution in [2.75, 3.05) is 5.75 Å². The Kier molecular flexibility index (Phi) is 5.81. The lowest BCUT2D eigenvalue weighted by Crippen LogP contribution is -2.53. The first-order valence-electron chi connectivity index (χ1n) is 10.7. The molecule has 2 aliphatic rings. The van der Waals surface area contributed by atoms with Gasteiger partial charge in [-0.3, -0.25) is 14.0 Å². The third-order valence-corrected chi connectivity index (χ3v) is 10.1. The molecule has 0 radical (unpaired) electrons. The van der Waals surface area contributed by atoms with Crippen LogP contribution in [0.1, 0.15) is 58.3 Å². The van der Waals surface area contributed by atoms with E-state index in [-0.39, 0.29) is 11.9 Å². The Labute approximate surface area is 197 Å². The van der Waals surface area contributed by atoms with Gasteiger partial charge in [-0.05, 0) is 31.0 Å². The molecule has 0 saturated heterocycles. The van der Waals surface area contributed by atoms with E-state index in [0.717, 1.165) is 48.1 Å². The van der Waals surface area contributed by atoms with E-state index in [1.54, 1.807) is 16.8 Å². The van der Waals surface area contributed by atoms with Gasteiger partial charge in [-0.2, -0.15) is 5.10 Å². The van der Waals surface area contributed by atoms with E-state index in [1.165, 1.54) is 11.3 Å². The molecular formula is C22H24ClN5O2S2. The standard InChI is InChI=1S/C22H24ClN5O2S2/c23-15-10-18(20(29)25-11-14-12-26-28-9-5-2-6-17(14)28)31-19(15)16-13-32(30)22(21(24)27-16)7-3-1-4-8-22/h2,5-6,9-10,12,16H,1,3-4,7-8,11,13H2,(H2,24,27)(H,25,29)/t16-,32?/m0/s1. The maximum Gasteiger partial charge on any atom is 0.261 e. The van der Waals surface area contributed by atoms with Crippen LogP contribution >= 0.6 is 22.9 Å². The van der Waals surface area contributed by atoms with Crippen molar-refractivity contribution in [1.29, 1.82) is 0 Å². The van der Waals surface area contributed by atoms with Gasteiger partial charge < -0.3 is 11.1 Å². The summed E-state index contributed by atoms with van der Waals surface area (Å²) in [6.07, 6.45) is 8.49. The van der Waals surface area contributed by atoms with Gasteiger partial charge in [-0.1, -0.05) is 36.9 Å². The van der Waals surface area contributed by atoms with E-state index in [0.29, 0.717) is 28.0 Å². The van der Waals surface area contributed by atoms with Gasteiger partial charge in [0, 0.05) is 34.0 Å². The van der Waals surface area contributed by atoms with E-state index in [1.807, 2.05) is 24.4 Å². The molecule has 4 heterocycles. The van der Waals surface area contributed by atoms with Crippen LogP contribution in [0.4, 0.5) is 0 Å². The van der Waals surface area contributed by atoms with Crippen LogP contribution in [0.15, 0.2) is 41.7 Å². The highest BCUT2D eigenvalue weighted by Crippen LogP contribution is 2.42. The monoisotopic (exact) mass is 489 g/mol. The molecule has 5 rings (SSSR count). The number of thiophene rings is 1.